The molecule has 2 aromatic carbocycles. The van der Waals surface area contributed by atoms with Crippen LogP contribution in [0, 0.1) is 18.3 Å². The molecule has 0 radical (unpaired) electrons. The second-order valence-corrected chi connectivity index (χ2v) is 11.7. The van der Waals surface area contributed by atoms with Crippen molar-refractivity contribution in [1.82, 2.24) is 0 Å². The number of esters is 2. The lowest BCUT2D eigenvalue weighted by Crippen LogP contribution is -2.19. The molecule has 0 aliphatic carbocycles. The van der Waals surface area contributed by atoms with Gasteiger partial charge in [0.05, 0.1) is 34.7 Å². The van der Waals surface area contributed by atoms with Crippen molar-refractivity contribution in [3.8, 4) is 23.0 Å². The quantitative estimate of drug-likeness (QED) is 0.282. The maximum atomic E-state index is 13.1. The molecule has 1 atom stereocenters. The molecule has 1 heterocycles. The SMILES string of the molecule is COc1c([C@@H](O)CC(C)C)ccc2c1C(=O)OCc1c(Cl)c(C)c(Br)c(OC(=O)CC(C)(C)C)c1O2. The van der Waals surface area contributed by atoms with E-state index < -0.39 is 18.0 Å². The number of rotatable bonds is 6. The van der Waals surface area contributed by atoms with Gasteiger partial charge in [-0.05, 0) is 58.3 Å². The summed E-state index contributed by atoms with van der Waals surface area (Å²) in [5.74, 6) is -0.321. The first-order valence-electron chi connectivity index (χ1n) is 11.7. The van der Waals surface area contributed by atoms with Gasteiger partial charge in [-0.2, -0.15) is 0 Å². The lowest BCUT2D eigenvalue weighted by Gasteiger charge is -2.26. The Labute approximate surface area is 225 Å². The fourth-order valence-electron chi connectivity index (χ4n) is 3.98. The van der Waals surface area contributed by atoms with E-state index in [9.17, 15) is 14.7 Å². The highest BCUT2D eigenvalue weighted by atomic mass is 79.9. The predicted molar refractivity (Wildman–Crippen MR) is 140 cm³/mol. The summed E-state index contributed by atoms with van der Waals surface area (Å²) in [6.45, 7) is 11.3. The topological polar surface area (TPSA) is 91.3 Å². The number of benzene rings is 2. The smallest absolute Gasteiger partial charge is 0.346 e. The number of hydrogen-bond donors (Lipinski definition) is 1. The van der Waals surface area contributed by atoms with Gasteiger partial charge in [0.25, 0.3) is 0 Å². The van der Waals surface area contributed by atoms with Gasteiger partial charge in [0.15, 0.2) is 11.5 Å². The van der Waals surface area contributed by atoms with Gasteiger partial charge in [-0.15, -0.1) is 0 Å². The Hall–Kier alpha value is -2.29. The van der Waals surface area contributed by atoms with Crippen LogP contribution in [0.4, 0.5) is 0 Å². The molecule has 0 aromatic heterocycles. The Morgan fingerprint density at radius 2 is 1.92 bits per heavy atom. The number of ether oxygens (including phenoxy) is 4. The van der Waals surface area contributed by atoms with Crippen LogP contribution < -0.4 is 14.2 Å². The van der Waals surface area contributed by atoms with Crippen LogP contribution in [-0.2, 0) is 16.1 Å². The Kier molecular flexibility index (Phi) is 8.63. The fourth-order valence-corrected chi connectivity index (χ4v) is 4.78. The number of aliphatic hydroxyl groups is 1. The molecule has 0 bridgehead atoms. The molecule has 9 heteroatoms. The summed E-state index contributed by atoms with van der Waals surface area (Å²) >= 11 is 10.1. The van der Waals surface area contributed by atoms with Gasteiger partial charge in [0, 0.05) is 5.56 Å². The molecule has 0 amide bonds. The number of carbonyl (C=O) groups is 2. The summed E-state index contributed by atoms with van der Waals surface area (Å²) in [6, 6.07) is 3.21. The summed E-state index contributed by atoms with van der Waals surface area (Å²) in [5.41, 5.74) is 1.18. The van der Waals surface area contributed by atoms with Crippen LogP contribution in [0.2, 0.25) is 5.02 Å². The number of methoxy groups -OCH3 is 1. The number of halogens is 2. The zero-order valence-corrected chi connectivity index (χ0v) is 23.9. The number of hydrogen-bond acceptors (Lipinski definition) is 7. The van der Waals surface area contributed by atoms with Crippen LogP contribution in [0.15, 0.2) is 16.6 Å². The highest BCUT2D eigenvalue weighted by molar-refractivity contribution is 9.10. The first-order valence-corrected chi connectivity index (χ1v) is 12.9. The van der Waals surface area contributed by atoms with Crippen molar-refractivity contribution in [3.63, 3.8) is 0 Å². The average Bonchev–Trinajstić information content (AvgIpc) is 2.76. The zero-order chi connectivity index (χ0) is 26.9. The van der Waals surface area contributed by atoms with Crippen molar-refractivity contribution in [2.75, 3.05) is 7.11 Å². The minimum Gasteiger partial charge on any atom is -0.495 e. The molecule has 1 aliphatic heterocycles. The molecule has 36 heavy (non-hydrogen) atoms. The van der Waals surface area contributed by atoms with Crippen LogP contribution in [0.5, 0.6) is 23.0 Å². The lowest BCUT2D eigenvalue weighted by atomic mass is 9.92. The van der Waals surface area contributed by atoms with Crippen LogP contribution in [0.1, 0.15) is 80.6 Å². The van der Waals surface area contributed by atoms with Crippen molar-refractivity contribution < 1.29 is 33.6 Å². The molecular weight excluding hydrogens is 552 g/mol. The lowest BCUT2D eigenvalue weighted by molar-refractivity contribution is -0.136. The van der Waals surface area contributed by atoms with Gasteiger partial charge >= 0.3 is 11.9 Å². The molecule has 1 aliphatic rings. The van der Waals surface area contributed by atoms with Crippen LogP contribution in [0.3, 0.4) is 0 Å². The second-order valence-electron chi connectivity index (χ2n) is 10.5. The minimum absolute atomic E-state index is 0.0308. The number of carbonyl (C=O) groups excluding carboxylic acids is 2. The third kappa shape index (κ3) is 5.98. The van der Waals surface area contributed by atoms with Crippen molar-refractivity contribution >= 4 is 39.5 Å². The van der Waals surface area contributed by atoms with Crippen molar-refractivity contribution in [3.05, 3.63) is 43.9 Å². The molecule has 0 spiro atoms. The fraction of sp³-hybridized carbons (Fsp3) is 0.481. The Bertz CT molecular complexity index is 1180. The minimum atomic E-state index is -0.851. The van der Waals surface area contributed by atoms with Gasteiger partial charge in [0.2, 0.25) is 0 Å². The van der Waals surface area contributed by atoms with E-state index >= 15 is 0 Å². The summed E-state index contributed by atoms with van der Waals surface area (Å²) in [6.07, 6.45) is -0.202. The van der Waals surface area contributed by atoms with Crippen molar-refractivity contribution in [2.45, 2.75) is 67.1 Å². The largest absolute Gasteiger partial charge is 0.495 e. The molecule has 0 fully saturated rings. The molecular formula is C27H32BrClO7. The van der Waals surface area contributed by atoms with E-state index in [1.807, 2.05) is 34.6 Å². The second kappa shape index (κ2) is 11.0. The van der Waals surface area contributed by atoms with Crippen LogP contribution in [0.25, 0.3) is 0 Å². The van der Waals surface area contributed by atoms with Crippen molar-refractivity contribution in [2.24, 2.45) is 11.3 Å². The Morgan fingerprint density at radius 3 is 2.50 bits per heavy atom. The maximum absolute atomic E-state index is 13.1. The molecule has 7 nitrogen and oxygen atoms in total. The first kappa shape index (κ1) is 28.3. The van der Waals surface area contributed by atoms with Crippen LogP contribution in [-0.4, -0.2) is 24.2 Å². The maximum Gasteiger partial charge on any atom is 0.346 e. The van der Waals surface area contributed by atoms with Gasteiger partial charge < -0.3 is 24.1 Å². The van der Waals surface area contributed by atoms with E-state index in [2.05, 4.69) is 15.9 Å². The van der Waals surface area contributed by atoms with Gasteiger partial charge in [-0.25, -0.2) is 4.79 Å². The normalized spacial score (nSPS) is 14.1. The number of aliphatic hydroxyl groups excluding tert-OH is 1. The Balaban J connectivity index is 2.18. The van der Waals surface area contributed by atoms with E-state index in [1.54, 1.807) is 19.1 Å². The van der Waals surface area contributed by atoms with E-state index in [0.29, 0.717) is 32.6 Å². The monoisotopic (exact) mass is 582 g/mol. The van der Waals surface area contributed by atoms with Gasteiger partial charge in [-0.3, -0.25) is 4.79 Å². The van der Waals surface area contributed by atoms with Gasteiger partial charge in [-0.1, -0.05) is 46.2 Å². The van der Waals surface area contributed by atoms with Gasteiger partial charge in [0.1, 0.15) is 23.7 Å². The van der Waals surface area contributed by atoms with E-state index in [-0.39, 0.29) is 52.9 Å². The highest BCUT2D eigenvalue weighted by Gasteiger charge is 2.33. The molecule has 0 saturated heterocycles. The third-order valence-electron chi connectivity index (χ3n) is 5.67. The third-order valence-corrected chi connectivity index (χ3v) is 7.13. The Morgan fingerprint density at radius 1 is 1.25 bits per heavy atom. The number of cyclic esters (lactones) is 1. The summed E-state index contributed by atoms with van der Waals surface area (Å²) in [4.78, 5) is 25.9. The highest BCUT2D eigenvalue weighted by Crippen LogP contribution is 2.50. The molecule has 2 aromatic rings. The van der Waals surface area contributed by atoms with E-state index in [4.69, 9.17) is 30.5 Å². The summed E-state index contributed by atoms with van der Waals surface area (Å²) < 4.78 is 23.6. The van der Waals surface area contributed by atoms with E-state index in [0.717, 1.165) is 0 Å². The van der Waals surface area contributed by atoms with E-state index in [1.165, 1.54) is 7.11 Å². The van der Waals surface area contributed by atoms with Crippen molar-refractivity contribution in [1.29, 1.82) is 0 Å². The van der Waals surface area contributed by atoms with Crippen LogP contribution >= 0.6 is 27.5 Å². The zero-order valence-electron chi connectivity index (χ0n) is 21.6. The molecule has 0 unspecified atom stereocenters. The molecule has 3 rings (SSSR count). The predicted octanol–water partition coefficient (Wildman–Crippen LogP) is 7.30. The summed E-state index contributed by atoms with van der Waals surface area (Å²) in [5, 5.41) is 11.1. The summed E-state index contributed by atoms with van der Waals surface area (Å²) in [7, 11) is 1.41. The first-order chi connectivity index (χ1) is 16.7. The number of fused-ring (bicyclic) bond motifs is 2. The molecule has 196 valence electrons. The molecule has 0 saturated carbocycles. The molecule has 1 N–H and O–H groups in total. The average molecular weight is 584 g/mol. The standard InChI is InChI=1S/C27H32BrClO7/c1-13(2)10-17(30)15-8-9-18-20(23(15)33-7)26(32)34-12-16-22(29)14(3)21(28)25(24(16)35-18)36-19(31)11-27(4,5)6/h8-9,13,17,30H,10-12H2,1-7H3/t17-/m0/s1.